The van der Waals surface area contributed by atoms with Gasteiger partial charge in [-0.25, -0.2) is 5.43 Å². The number of hydrazine groups is 1. The van der Waals surface area contributed by atoms with Gasteiger partial charge in [-0.05, 0) is 24.1 Å². The Bertz CT molecular complexity index is 310. The zero-order valence-corrected chi connectivity index (χ0v) is 7.47. The van der Waals surface area contributed by atoms with Crippen molar-refractivity contribution in [3.63, 3.8) is 0 Å². The van der Waals surface area contributed by atoms with Gasteiger partial charge in [-0.2, -0.15) is 0 Å². The first-order chi connectivity index (χ1) is 6.63. The third-order valence-corrected chi connectivity index (χ3v) is 1.88. The summed E-state index contributed by atoms with van der Waals surface area (Å²) in [6.07, 6.45) is 0.284. The average Bonchev–Trinajstić information content (AvgIpc) is 2.16. The highest BCUT2D eigenvalue weighted by Crippen LogP contribution is 2.11. The number of phenols is 1. The molecule has 0 unspecified atom stereocenters. The Morgan fingerprint density at radius 2 is 2.00 bits per heavy atom. The summed E-state index contributed by atoms with van der Waals surface area (Å²) in [4.78, 5) is 10.6. The average molecular weight is 196 g/mol. The Morgan fingerprint density at radius 1 is 1.43 bits per heavy atom. The number of hydrogen-bond donors (Lipinski definition) is 4. The molecule has 0 bridgehead atoms. The minimum Gasteiger partial charge on any atom is -0.508 e. The van der Waals surface area contributed by atoms with E-state index in [-0.39, 0.29) is 12.2 Å². The molecular formula is C9H12N2O3. The zero-order valence-electron chi connectivity index (χ0n) is 7.47. The molecule has 0 aliphatic carbocycles. The van der Waals surface area contributed by atoms with Crippen molar-refractivity contribution in [1.29, 1.82) is 0 Å². The summed E-state index contributed by atoms with van der Waals surface area (Å²) in [7, 11) is 0. The van der Waals surface area contributed by atoms with Gasteiger partial charge in [0, 0.05) is 0 Å². The van der Waals surface area contributed by atoms with E-state index in [2.05, 4.69) is 5.43 Å². The Kier molecular flexibility index (Phi) is 3.44. The largest absolute Gasteiger partial charge is 0.508 e. The molecule has 0 saturated carbocycles. The van der Waals surface area contributed by atoms with Gasteiger partial charge in [0.2, 0.25) is 0 Å². The molecule has 0 radical (unpaired) electrons. The fraction of sp³-hybridized carbons (Fsp3) is 0.222. The van der Waals surface area contributed by atoms with E-state index < -0.39 is 12.0 Å². The molecule has 1 rings (SSSR count). The lowest BCUT2D eigenvalue weighted by molar-refractivity contribution is -0.139. The van der Waals surface area contributed by atoms with Crippen LogP contribution >= 0.6 is 0 Å². The second-order valence-corrected chi connectivity index (χ2v) is 2.93. The molecule has 76 valence electrons. The molecule has 0 spiro atoms. The standard InChI is InChI=1S/C9H12N2O3/c10-11-8(9(13)14)5-6-1-3-7(12)4-2-6/h1-4,8,11-12H,5,10H2,(H,13,14)/t8-/m0/s1. The third kappa shape index (κ3) is 2.72. The molecule has 1 atom stereocenters. The molecule has 5 N–H and O–H groups in total. The summed E-state index contributed by atoms with van der Waals surface area (Å²) >= 11 is 0. The van der Waals surface area contributed by atoms with Crippen molar-refractivity contribution >= 4 is 5.97 Å². The quantitative estimate of drug-likeness (QED) is 0.397. The van der Waals surface area contributed by atoms with Crippen LogP contribution in [0.4, 0.5) is 0 Å². The second kappa shape index (κ2) is 4.59. The number of hydrogen-bond acceptors (Lipinski definition) is 4. The van der Waals surface area contributed by atoms with Gasteiger partial charge in [-0.15, -0.1) is 0 Å². The van der Waals surface area contributed by atoms with Gasteiger partial charge < -0.3 is 10.2 Å². The number of aliphatic carboxylic acids is 1. The number of benzene rings is 1. The fourth-order valence-corrected chi connectivity index (χ4v) is 1.09. The lowest BCUT2D eigenvalue weighted by Crippen LogP contribution is -2.42. The summed E-state index contributed by atoms with van der Waals surface area (Å²) in [5.41, 5.74) is 3.00. The van der Waals surface area contributed by atoms with Crippen LogP contribution in [0.25, 0.3) is 0 Å². The van der Waals surface area contributed by atoms with Crippen molar-refractivity contribution in [2.75, 3.05) is 0 Å². The van der Waals surface area contributed by atoms with E-state index in [4.69, 9.17) is 16.1 Å². The number of nitrogens with two attached hydrogens (primary N) is 1. The summed E-state index contributed by atoms with van der Waals surface area (Å²) in [6.45, 7) is 0. The Labute approximate surface area is 81.1 Å². The van der Waals surface area contributed by atoms with Crippen LogP contribution in [0.3, 0.4) is 0 Å². The van der Waals surface area contributed by atoms with Gasteiger partial charge in [0.15, 0.2) is 0 Å². The number of nitrogens with one attached hydrogen (secondary N) is 1. The van der Waals surface area contributed by atoms with Gasteiger partial charge in [0.05, 0.1) is 0 Å². The summed E-state index contributed by atoms with van der Waals surface area (Å²) in [5.74, 6) is 4.23. The number of carboxylic acid groups (broad SMARTS) is 1. The molecule has 0 aliphatic heterocycles. The topological polar surface area (TPSA) is 95.6 Å². The first-order valence-corrected chi connectivity index (χ1v) is 4.10. The maximum Gasteiger partial charge on any atom is 0.322 e. The molecule has 0 fully saturated rings. The molecule has 5 heteroatoms. The van der Waals surface area contributed by atoms with Crippen molar-refractivity contribution in [3.8, 4) is 5.75 Å². The van der Waals surface area contributed by atoms with Gasteiger partial charge in [0.1, 0.15) is 11.8 Å². The number of carboxylic acids is 1. The monoisotopic (exact) mass is 196 g/mol. The highest BCUT2D eigenvalue weighted by atomic mass is 16.4. The van der Waals surface area contributed by atoms with Gasteiger partial charge in [-0.1, -0.05) is 12.1 Å². The molecule has 14 heavy (non-hydrogen) atoms. The van der Waals surface area contributed by atoms with Crippen LogP contribution in [0, 0.1) is 0 Å². The molecule has 0 aliphatic rings. The van der Waals surface area contributed by atoms with Crippen molar-refractivity contribution in [1.82, 2.24) is 5.43 Å². The highest BCUT2D eigenvalue weighted by molar-refractivity contribution is 5.73. The zero-order chi connectivity index (χ0) is 10.6. The van der Waals surface area contributed by atoms with Gasteiger partial charge in [-0.3, -0.25) is 10.6 Å². The van der Waals surface area contributed by atoms with Crippen molar-refractivity contribution in [2.45, 2.75) is 12.5 Å². The van der Waals surface area contributed by atoms with E-state index in [0.717, 1.165) is 5.56 Å². The maximum atomic E-state index is 10.6. The summed E-state index contributed by atoms with van der Waals surface area (Å²) in [6, 6.07) is 5.51. The lowest BCUT2D eigenvalue weighted by atomic mass is 10.1. The Balaban J connectivity index is 2.67. The maximum absolute atomic E-state index is 10.6. The van der Waals surface area contributed by atoms with Gasteiger partial charge in [0.25, 0.3) is 0 Å². The fourth-order valence-electron chi connectivity index (χ4n) is 1.09. The van der Waals surface area contributed by atoms with Crippen LogP contribution in [0.5, 0.6) is 5.75 Å². The van der Waals surface area contributed by atoms with E-state index in [9.17, 15) is 4.79 Å². The number of aromatic hydroxyl groups is 1. The van der Waals surface area contributed by atoms with Crippen molar-refractivity contribution < 1.29 is 15.0 Å². The smallest absolute Gasteiger partial charge is 0.322 e. The lowest BCUT2D eigenvalue weighted by Gasteiger charge is -2.10. The molecule has 0 aromatic heterocycles. The predicted molar refractivity (Wildman–Crippen MR) is 50.6 cm³/mol. The van der Waals surface area contributed by atoms with Crippen molar-refractivity contribution in [2.24, 2.45) is 5.84 Å². The van der Waals surface area contributed by atoms with Crippen LogP contribution in [-0.4, -0.2) is 22.2 Å². The van der Waals surface area contributed by atoms with Crippen LogP contribution in [0.15, 0.2) is 24.3 Å². The van der Waals surface area contributed by atoms with E-state index >= 15 is 0 Å². The van der Waals surface area contributed by atoms with Crippen LogP contribution in [-0.2, 0) is 11.2 Å². The second-order valence-electron chi connectivity index (χ2n) is 2.93. The number of carbonyl (C=O) groups is 1. The normalized spacial score (nSPS) is 12.4. The van der Waals surface area contributed by atoms with Crippen molar-refractivity contribution in [3.05, 3.63) is 29.8 Å². The van der Waals surface area contributed by atoms with Gasteiger partial charge >= 0.3 is 5.97 Å². The molecule has 1 aromatic rings. The Morgan fingerprint density at radius 3 is 2.43 bits per heavy atom. The van der Waals surface area contributed by atoms with Crippen LogP contribution < -0.4 is 11.3 Å². The van der Waals surface area contributed by atoms with E-state index in [1.54, 1.807) is 12.1 Å². The third-order valence-electron chi connectivity index (χ3n) is 1.88. The molecule has 0 saturated heterocycles. The first-order valence-electron chi connectivity index (χ1n) is 4.10. The number of phenolic OH excluding ortho intramolecular Hbond substituents is 1. The van der Waals surface area contributed by atoms with E-state index in [0.29, 0.717) is 0 Å². The highest BCUT2D eigenvalue weighted by Gasteiger charge is 2.15. The molecule has 0 heterocycles. The molecule has 5 nitrogen and oxygen atoms in total. The first kappa shape index (κ1) is 10.5. The molecule has 0 amide bonds. The predicted octanol–water partition coefficient (Wildman–Crippen LogP) is -0.149. The molecular weight excluding hydrogens is 184 g/mol. The number of rotatable bonds is 4. The molecule has 1 aromatic carbocycles. The van der Waals surface area contributed by atoms with Crippen LogP contribution in [0.2, 0.25) is 0 Å². The minimum atomic E-state index is -0.999. The van der Waals surface area contributed by atoms with E-state index in [1.807, 2.05) is 0 Å². The minimum absolute atomic E-state index is 0.154. The SMILES string of the molecule is NN[C@@H](Cc1ccc(O)cc1)C(=O)O. The van der Waals surface area contributed by atoms with Crippen LogP contribution in [0.1, 0.15) is 5.56 Å². The summed E-state index contributed by atoms with van der Waals surface area (Å²) < 4.78 is 0. The van der Waals surface area contributed by atoms with E-state index in [1.165, 1.54) is 12.1 Å². The Hall–Kier alpha value is -1.59. The summed E-state index contributed by atoms with van der Waals surface area (Å²) in [5, 5.41) is 17.7.